The van der Waals surface area contributed by atoms with Crippen LogP contribution in [-0.2, 0) is 0 Å². The first kappa shape index (κ1) is 9.81. The molecule has 0 unspecified atom stereocenters. The quantitative estimate of drug-likeness (QED) is 0.588. The summed E-state index contributed by atoms with van der Waals surface area (Å²) in [5.74, 6) is 5.74. The standard InChI is InChI=1S/C10H7ClN2O2/c11-4-2-1-3-7-5-8-9(12-6-7)13-10(14)15-8/h5-6H,2,4H2,(H,12,13,14). The van der Waals surface area contributed by atoms with Crippen LogP contribution in [0, 0.1) is 11.8 Å². The van der Waals surface area contributed by atoms with E-state index in [1.165, 1.54) is 0 Å². The van der Waals surface area contributed by atoms with Crippen LogP contribution in [0.15, 0.2) is 21.5 Å². The maximum Gasteiger partial charge on any atom is 0.418 e. The average molecular weight is 223 g/mol. The van der Waals surface area contributed by atoms with Crippen molar-refractivity contribution in [2.45, 2.75) is 6.42 Å². The van der Waals surface area contributed by atoms with Crippen molar-refractivity contribution in [2.24, 2.45) is 0 Å². The lowest BCUT2D eigenvalue weighted by Crippen LogP contribution is -1.93. The summed E-state index contributed by atoms with van der Waals surface area (Å²) in [5.41, 5.74) is 1.55. The van der Waals surface area contributed by atoms with E-state index >= 15 is 0 Å². The molecular weight excluding hydrogens is 216 g/mol. The van der Waals surface area contributed by atoms with Crippen molar-refractivity contribution < 1.29 is 4.42 Å². The summed E-state index contributed by atoms with van der Waals surface area (Å²) < 4.78 is 4.85. The highest BCUT2D eigenvalue weighted by Gasteiger charge is 2.01. The van der Waals surface area contributed by atoms with E-state index in [1.54, 1.807) is 12.3 Å². The molecule has 0 fully saturated rings. The first-order chi connectivity index (χ1) is 7.29. The normalized spacial score (nSPS) is 9.93. The minimum atomic E-state index is -0.511. The third-order valence-electron chi connectivity index (χ3n) is 1.73. The number of pyridine rings is 1. The minimum absolute atomic E-state index is 0.415. The molecule has 0 aliphatic heterocycles. The molecule has 2 heterocycles. The minimum Gasteiger partial charge on any atom is -0.406 e. The number of fused-ring (bicyclic) bond motifs is 1. The number of nitrogens with zero attached hydrogens (tertiary/aromatic N) is 1. The average Bonchev–Trinajstić information content (AvgIpc) is 2.57. The highest BCUT2D eigenvalue weighted by atomic mass is 35.5. The SMILES string of the molecule is O=c1[nH]c2ncc(C#CCCCl)cc2o1. The number of aromatic nitrogens is 2. The Labute approximate surface area is 90.3 Å². The lowest BCUT2D eigenvalue weighted by Gasteiger charge is -1.88. The van der Waals surface area contributed by atoms with Gasteiger partial charge in [0.05, 0.1) is 0 Å². The number of hydrogen-bond acceptors (Lipinski definition) is 3. The van der Waals surface area contributed by atoms with Crippen LogP contribution in [0.2, 0.25) is 0 Å². The summed E-state index contributed by atoms with van der Waals surface area (Å²) in [6, 6.07) is 1.67. The molecule has 0 amide bonds. The second-order valence-corrected chi connectivity index (χ2v) is 3.20. The van der Waals surface area contributed by atoms with Crippen molar-refractivity contribution in [3.63, 3.8) is 0 Å². The van der Waals surface area contributed by atoms with Gasteiger partial charge < -0.3 is 4.42 Å². The van der Waals surface area contributed by atoms with E-state index in [-0.39, 0.29) is 0 Å². The van der Waals surface area contributed by atoms with Gasteiger partial charge in [-0.2, -0.15) is 0 Å². The van der Waals surface area contributed by atoms with Crippen LogP contribution < -0.4 is 5.76 Å². The Morgan fingerprint density at radius 2 is 2.47 bits per heavy atom. The Morgan fingerprint density at radius 1 is 1.60 bits per heavy atom. The van der Waals surface area contributed by atoms with E-state index in [2.05, 4.69) is 21.8 Å². The highest BCUT2D eigenvalue weighted by molar-refractivity contribution is 6.18. The molecule has 0 spiro atoms. The lowest BCUT2D eigenvalue weighted by molar-refractivity contribution is 0.555. The maximum absolute atomic E-state index is 10.8. The predicted molar refractivity (Wildman–Crippen MR) is 56.8 cm³/mol. The molecular formula is C10H7ClN2O2. The first-order valence-electron chi connectivity index (χ1n) is 4.33. The lowest BCUT2D eigenvalue weighted by atomic mass is 10.3. The van der Waals surface area contributed by atoms with Gasteiger partial charge in [0, 0.05) is 30.1 Å². The van der Waals surface area contributed by atoms with E-state index in [1.807, 2.05) is 0 Å². The Kier molecular flexibility index (Phi) is 2.75. The zero-order valence-corrected chi connectivity index (χ0v) is 8.47. The van der Waals surface area contributed by atoms with Crippen molar-refractivity contribution in [3.05, 3.63) is 28.4 Å². The molecule has 5 heteroatoms. The smallest absolute Gasteiger partial charge is 0.406 e. The van der Waals surface area contributed by atoms with E-state index in [9.17, 15) is 4.79 Å². The zero-order valence-electron chi connectivity index (χ0n) is 7.71. The molecule has 4 nitrogen and oxygen atoms in total. The van der Waals surface area contributed by atoms with Gasteiger partial charge in [-0.25, -0.2) is 9.78 Å². The summed E-state index contributed by atoms with van der Waals surface area (Å²) in [4.78, 5) is 17.3. The van der Waals surface area contributed by atoms with Gasteiger partial charge in [-0.05, 0) is 0 Å². The zero-order chi connectivity index (χ0) is 10.7. The van der Waals surface area contributed by atoms with Gasteiger partial charge in [0.1, 0.15) is 0 Å². The summed E-state index contributed by atoms with van der Waals surface area (Å²) >= 11 is 5.48. The summed E-state index contributed by atoms with van der Waals surface area (Å²) in [6.45, 7) is 0. The van der Waals surface area contributed by atoms with Gasteiger partial charge in [-0.15, -0.1) is 11.6 Å². The van der Waals surface area contributed by atoms with Gasteiger partial charge in [0.25, 0.3) is 0 Å². The van der Waals surface area contributed by atoms with Gasteiger partial charge in [0.15, 0.2) is 11.2 Å². The molecule has 0 saturated carbocycles. The van der Waals surface area contributed by atoms with E-state index in [4.69, 9.17) is 16.0 Å². The Hall–Kier alpha value is -1.73. The second kappa shape index (κ2) is 4.20. The molecule has 0 saturated heterocycles. The van der Waals surface area contributed by atoms with Crippen LogP contribution in [0.5, 0.6) is 0 Å². The number of nitrogens with one attached hydrogen (secondary N) is 1. The Balaban J connectivity index is 2.39. The number of rotatable bonds is 1. The van der Waals surface area contributed by atoms with Gasteiger partial charge >= 0.3 is 5.76 Å². The molecule has 0 aromatic carbocycles. The highest BCUT2D eigenvalue weighted by Crippen LogP contribution is 2.07. The third-order valence-corrected chi connectivity index (χ3v) is 1.92. The number of H-pyrrole nitrogens is 1. The van der Waals surface area contributed by atoms with E-state index in [0.29, 0.717) is 29.1 Å². The summed E-state index contributed by atoms with van der Waals surface area (Å²) in [6.07, 6.45) is 2.20. The van der Waals surface area contributed by atoms with Crippen LogP contribution in [0.3, 0.4) is 0 Å². The molecule has 1 N–H and O–H groups in total. The topological polar surface area (TPSA) is 58.9 Å². The summed E-state index contributed by atoms with van der Waals surface area (Å²) in [7, 11) is 0. The van der Waals surface area contributed by atoms with Gasteiger partial charge in [-0.3, -0.25) is 4.98 Å². The van der Waals surface area contributed by atoms with Crippen LogP contribution in [0.25, 0.3) is 11.2 Å². The van der Waals surface area contributed by atoms with Crippen molar-refractivity contribution in [3.8, 4) is 11.8 Å². The monoisotopic (exact) mass is 222 g/mol. The Bertz CT molecular complexity index is 588. The second-order valence-electron chi connectivity index (χ2n) is 2.83. The molecule has 2 rings (SSSR count). The predicted octanol–water partition coefficient (Wildman–Crippen LogP) is 1.50. The molecule has 76 valence electrons. The van der Waals surface area contributed by atoms with E-state index in [0.717, 1.165) is 0 Å². The Morgan fingerprint density at radius 3 is 3.27 bits per heavy atom. The number of alkyl halides is 1. The van der Waals surface area contributed by atoms with Gasteiger partial charge in [-0.1, -0.05) is 11.8 Å². The summed E-state index contributed by atoms with van der Waals surface area (Å²) in [5, 5.41) is 0. The fourth-order valence-electron chi connectivity index (χ4n) is 1.12. The molecule has 0 aliphatic carbocycles. The molecule has 2 aromatic heterocycles. The van der Waals surface area contributed by atoms with Crippen molar-refractivity contribution >= 4 is 22.8 Å². The number of hydrogen-bond donors (Lipinski definition) is 1. The molecule has 0 radical (unpaired) electrons. The fourth-order valence-corrected chi connectivity index (χ4v) is 1.21. The molecule has 0 atom stereocenters. The van der Waals surface area contributed by atoms with Crippen molar-refractivity contribution in [2.75, 3.05) is 5.88 Å². The van der Waals surface area contributed by atoms with Gasteiger partial charge in [0.2, 0.25) is 0 Å². The molecule has 0 bridgehead atoms. The van der Waals surface area contributed by atoms with Crippen LogP contribution in [0.4, 0.5) is 0 Å². The number of oxazole rings is 1. The van der Waals surface area contributed by atoms with Crippen LogP contribution in [-0.4, -0.2) is 15.8 Å². The molecule has 0 aliphatic rings. The largest absolute Gasteiger partial charge is 0.418 e. The van der Waals surface area contributed by atoms with Crippen molar-refractivity contribution in [1.29, 1.82) is 0 Å². The number of halogens is 1. The molecule has 15 heavy (non-hydrogen) atoms. The third kappa shape index (κ3) is 2.20. The maximum atomic E-state index is 10.8. The van der Waals surface area contributed by atoms with Crippen LogP contribution >= 0.6 is 11.6 Å². The van der Waals surface area contributed by atoms with Crippen molar-refractivity contribution in [1.82, 2.24) is 9.97 Å². The first-order valence-corrected chi connectivity index (χ1v) is 4.87. The number of aromatic amines is 1. The fraction of sp³-hybridized carbons (Fsp3) is 0.200. The van der Waals surface area contributed by atoms with E-state index < -0.39 is 5.76 Å². The van der Waals surface area contributed by atoms with Crippen LogP contribution in [0.1, 0.15) is 12.0 Å². The molecule has 2 aromatic rings.